The van der Waals surface area contributed by atoms with Gasteiger partial charge in [-0.15, -0.1) is 10.2 Å². The second-order valence-electron chi connectivity index (χ2n) is 7.17. The fourth-order valence-electron chi connectivity index (χ4n) is 3.58. The van der Waals surface area contributed by atoms with Crippen molar-refractivity contribution in [3.8, 4) is 5.75 Å². The number of para-hydroxylation sites is 2. The number of hydrogen-bond acceptors (Lipinski definition) is 6. The smallest absolute Gasteiger partial charge is 0.231 e. The van der Waals surface area contributed by atoms with E-state index in [1.54, 1.807) is 12.0 Å². The summed E-state index contributed by atoms with van der Waals surface area (Å²) in [5, 5.41) is 12.3. The molecule has 2 heterocycles. The van der Waals surface area contributed by atoms with E-state index in [1.807, 2.05) is 55.5 Å². The van der Waals surface area contributed by atoms with Crippen molar-refractivity contribution in [2.75, 3.05) is 23.9 Å². The lowest BCUT2D eigenvalue weighted by atomic mass is 10.1. The highest BCUT2D eigenvalue weighted by molar-refractivity contribution is 7.15. The minimum Gasteiger partial charge on any atom is -0.496 e. The van der Waals surface area contributed by atoms with Gasteiger partial charge in [0, 0.05) is 30.6 Å². The lowest BCUT2D eigenvalue weighted by Crippen LogP contribution is -2.28. The number of anilines is 2. The van der Waals surface area contributed by atoms with Crippen LogP contribution < -0.4 is 15.0 Å². The number of nitrogens with one attached hydrogen (secondary N) is 1. The molecule has 2 amide bonds. The summed E-state index contributed by atoms with van der Waals surface area (Å²) >= 11 is 1.33. The number of hydrogen-bond donors (Lipinski definition) is 1. The number of aromatic nitrogens is 2. The fraction of sp³-hybridized carbons (Fsp3) is 0.273. The quantitative estimate of drug-likeness (QED) is 0.658. The molecule has 1 aliphatic rings. The summed E-state index contributed by atoms with van der Waals surface area (Å²) in [6.07, 6.45) is 0.758. The van der Waals surface area contributed by atoms with Crippen molar-refractivity contribution in [2.45, 2.75) is 19.8 Å². The second kappa shape index (κ2) is 8.62. The largest absolute Gasteiger partial charge is 0.496 e. The highest BCUT2D eigenvalue weighted by Crippen LogP contribution is 2.29. The Balaban J connectivity index is 1.40. The van der Waals surface area contributed by atoms with Crippen molar-refractivity contribution < 1.29 is 14.3 Å². The third-order valence-corrected chi connectivity index (χ3v) is 5.97. The Morgan fingerprint density at radius 3 is 2.77 bits per heavy atom. The van der Waals surface area contributed by atoms with Gasteiger partial charge in [0.1, 0.15) is 10.8 Å². The van der Waals surface area contributed by atoms with Gasteiger partial charge in [0.2, 0.25) is 16.9 Å². The van der Waals surface area contributed by atoms with Gasteiger partial charge in [0.15, 0.2) is 0 Å². The van der Waals surface area contributed by atoms with Gasteiger partial charge in [-0.1, -0.05) is 47.7 Å². The number of nitrogens with zero attached hydrogens (tertiary/aromatic N) is 3. The molecule has 0 saturated carbocycles. The van der Waals surface area contributed by atoms with E-state index in [0.29, 0.717) is 18.1 Å². The van der Waals surface area contributed by atoms with Crippen LogP contribution in [0.3, 0.4) is 0 Å². The fourth-order valence-corrected chi connectivity index (χ4v) is 4.34. The molecule has 0 bridgehead atoms. The van der Waals surface area contributed by atoms with Crippen LogP contribution in [-0.2, 0) is 16.0 Å². The number of ether oxygens (including phenoxy) is 1. The summed E-state index contributed by atoms with van der Waals surface area (Å²) in [6, 6.07) is 15.4. The van der Waals surface area contributed by atoms with E-state index >= 15 is 0 Å². The summed E-state index contributed by atoms with van der Waals surface area (Å²) < 4.78 is 5.37. The van der Waals surface area contributed by atoms with Crippen LogP contribution in [0.5, 0.6) is 5.75 Å². The zero-order valence-corrected chi connectivity index (χ0v) is 17.6. The van der Waals surface area contributed by atoms with Crippen molar-refractivity contribution in [2.24, 2.45) is 5.92 Å². The topological polar surface area (TPSA) is 84.4 Å². The van der Waals surface area contributed by atoms with Gasteiger partial charge < -0.3 is 15.0 Å². The van der Waals surface area contributed by atoms with Crippen LogP contribution in [-0.4, -0.2) is 35.7 Å². The van der Waals surface area contributed by atoms with Crippen LogP contribution in [0.15, 0.2) is 48.5 Å². The molecule has 7 nitrogen and oxygen atoms in total. The maximum atomic E-state index is 12.7. The Labute approximate surface area is 178 Å². The summed E-state index contributed by atoms with van der Waals surface area (Å²) in [5.41, 5.74) is 2.87. The molecule has 1 saturated heterocycles. The molecule has 4 rings (SSSR count). The van der Waals surface area contributed by atoms with Crippen molar-refractivity contribution in [3.63, 3.8) is 0 Å². The third-order valence-electron chi connectivity index (χ3n) is 5.13. The van der Waals surface area contributed by atoms with Crippen LogP contribution in [0.25, 0.3) is 0 Å². The van der Waals surface area contributed by atoms with Crippen molar-refractivity contribution in [1.29, 1.82) is 0 Å². The molecular weight excluding hydrogens is 400 g/mol. The van der Waals surface area contributed by atoms with Crippen LogP contribution >= 0.6 is 11.3 Å². The highest BCUT2D eigenvalue weighted by atomic mass is 32.1. The molecular formula is C22H22N4O3S. The highest BCUT2D eigenvalue weighted by Gasteiger charge is 2.36. The SMILES string of the molecule is COc1ccccc1Cc1nnc(NC(=O)C2CC(=O)N(c3ccccc3C)C2)s1. The molecule has 3 aromatic rings. The maximum Gasteiger partial charge on any atom is 0.231 e. The van der Waals surface area contributed by atoms with E-state index in [-0.39, 0.29) is 18.2 Å². The van der Waals surface area contributed by atoms with Gasteiger partial charge in [-0.3, -0.25) is 9.59 Å². The Bertz CT molecular complexity index is 1080. The number of amides is 2. The van der Waals surface area contributed by atoms with Gasteiger partial charge in [-0.25, -0.2) is 0 Å². The molecule has 8 heteroatoms. The number of carbonyl (C=O) groups is 2. The van der Waals surface area contributed by atoms with E-state index in [4.69, 9.17) is 4.74 Å². The molecule has 1 atom stereocenters. The van der Waals surface area contributed by atoms with E-state index < -0.39 is 5.92 Å². The summed E-state index contributed by atoms with van der Waals surface area (Å²) in [4.78, 5) is 26.9. The molecule has 1 aromatic heterocycles. The molecule has 154 valence electrons. The lowest BCUT2D eigenvalue weighted by Gasteiger charge is -2.18. The molecule has 2 aromatic carbocycles. The molecule has 30 heavy (non-hydrogen) atoms. The monoisotopic (exact) mass is 422 g/mol. The molecule has 1 fully saturated rings. The standard InChI is InChI=1S/C22H22N4O3S/c1-14-7-3-5-9-17(14)26-13-16(12-20(26)27)21(28)23-22-25-24-19(30-22)11-15-8-4-6-10-18(15)29-2/h3-10,16H,11-13H2,1-2H3,(H,23,25,28). The number of aryl methyl sites for hydroxylation is 1. The van der Waals surface area contributed by atoms with Gasteiger partial charge in [-0.05, 0) is 24.6 Å². The van der Waals surface area contributed by atoms with Crippen LogP contribution in [0, 0.1) is 12.8 Å². The number of benzene rings is 2. The minimum atomic E-state index is -0.418. The molecule has 1 aliphatic heterocycles. The Hall–Kier alpha value is -3.26. The third kappa shape index (κ3) is 4.18. The Morgan fingerprint density at radius 1 is 1.20 bits per heavy atom. The van der Waals surface area contributed by atoms with Crippen molar-refractivity contribution in [3.05, 3.63) is 64.7 Å². The molecule has 0 spiro atoms. The molecule has 0 aliphatic carbocycles. The normalized spacial score (nSPS) is 16.0. The zero-order valence-electron chi connectivity index (χ0n) is 16.8. The Morgan fingerprint density at radius 2 is 1.97 bits per heavy atom. The number of rotatable bonds is 6. The first kappa shape index (κ1) is 20.0. The van der Waals surface area contributed by atoms with Crippen LogP contribution in [0.2, 0.25) is 0 Å². The average molecular weight is 423 g/mol. The summed E-state index contributed by atoms with van der Waals surface area (Å²) in [5.74, 6) is 0.121. The van der Waals surface area contributed by atoms with Crippen molar-refractivity contribution >= 4 is 34.0 Å². The first-order chi connectivity index (χ1) is 14.5. The predicted octanol–water partition coefficient (Wildman–Crippen LogP) is 3.44. The van der Waals surface area contributed by atoms with Gasteiger partial charge in [0.25, 0.3) is 0 Å². The van der Waals surface area contributed by atoms with Crippen LogP contribution in [0.1, 0.15) is 22.6 Å². The number of carbonyl (C=O) groups excluding carboxylic acids is 2. The summed E-state index contributed by atoms with van der Waals surface area (Å²) in [7, 11) is 1.63. The zero-order chi connectivity index (χ0) is 21.1. The van der Waals surface area contributed by atoms with Crippen LogP contribution in [0.4, 0.5) is 10.8 Å². The van der Waals surface area contributed by atoms with Gasteiger partial charge >= 0.3 is 0 Å². The Kier molecular flexibility index (Phi) is 5.76. The molecule has 0 radical (unpaired) electrons. The first-order valence-electron chi connectivity index (χ1n) is 9.66. The van der Waals surface area contributed by atoms with Gasteiger partial charge in [0.05, 0.1) is 13.0 Å². The maximum absolute atomic E-state index is 12.7. The average Bonchev–Trinajstić information content (AvgIpc) is 3.35. The second-order valence-corrected chi connectivity index (χ2v) is 8.23. The first-order valence-corrected chi connectivity index (χ1v) is 10.5. The van der Waals surface area contributed by atoms with E-state index in [2.05, 4.69) is 15.5 Å². The minimum absolute atomic E-state index is 0.0430. The predicted molar refractivity (Wildman–Crippen MR) is 116 cm³/mol. The van der Waals surface area contributed by atoms with E-state index in [9.17, 15) is 9.59 Å². The number of methoxy groups -OCH3 is 1. The van der Waals surface area contributed by atoms with Crippen molar-refractivity contribution in [1.82, 2.24) is 10.2 Å². The molecule has 1 N–H and O–H groups in total. The molecule has 1 unspecified atom stereocenters. The van der Waals surface area contributed by atoms with E-state index in [0.717, 1.165) is 27.6 Å². The summed E-state index contributed by atoms with van der Waals surface area (Å²) in [6.45, 7) is 2.32. The lowest BCUT2D eigenvalue weighted by molar-refractivity contribution is -0.122. The van der Waals surface area contributed by atoms with Gasteiger partial charge in [-0.2, -0.15) is 0 Å². The van der Waals surface area contributed by atoms with E-state index in [1.165, 1.54) is 11.3 Å².